The number of hydrogen-bond donors (Lipinski definition) is 1. The molecule has 0 amide bonds. The highest BCUT2D eigenvalue weighted by Gasteiger charge is 2.12. The molecule has 0 aliphatic carbocycles. The first-order valence-electron chi connectivity index (χ1n) is 6.14. The molecule has 3 nitrogen and oxygen atoms in total. The van der Waals surface area contributed by atoms with Gasteiger partial charge in [-0.05, 0) is 37.0 Å². The van der Waals surface area contributed by atoms with E-state index in [1.807, 2.05) is 25.1 Å². The van der Waals surface area contributed by atoms with E-state index in [-0.39, 0.29) is 18.4 Å². The summed E-state index contributed by atoms with van der Waals surface area (Å²) in [7, 11) is 1.65. The average molecular weight is 274 g/mol. The highest BCUT2D eigenvalue weighted by molar-refractivity contribution is 5.85. The van der Waals surface area contributed by atoms with Crippen LogP contribution in [0.25, 0.3) is 0 Å². The molecule has 2 N–H and O–H groups in total. The van der Waals surface area contributed by atoms with Gasteiger partial charge in [-0.3, -0.25) is 0 Å². The zero-order valence-electron chi connectivity index (χ0n) is 11.6. The average Bonchev–Trinajstić information content (AvgIpc) is 2.29. The first kappa shape index (κ1) is 17.1. The molecule has 0 radical (unpaired) electrons. The molecule has 0 bridgehead atoms. The second-order valence-electron chi connectivity index (χ2n) is 4.58. The third kappa shape index (κ3) is 4.75. The SMILES string of the molecule is CCOc1ccc([C@@H](N)CC(C)C)cc1OC.Cl. The Balaban J connectivity index is 0.00000289. The zero-order valence-corrected chi connectivity index (χ0v) is 12.4. The van der Waals surface area contributed by atoms with Gasteiger partial charge in [-0.25, -0.2) is 0 Å². The van der Waals surface area contributed by atoms with Crippen LogP contribution in [0.2, 0.25) is 0 Å². The monoisotopic (exact) mass is 273 g/mol. The van der Waals surface area contributed by atoms with Crippen LogP contribution >= 0.6 is 12.4 Å². The Bertz CT molecular complexity index is 356. The first-order chi connectivity index (χ1) is 8.08. The van der Waals surface area contributed by atoms with Crippen molar-refractivity contribution in [3.05, 3.63) is 23.8 Å². The number of ether oxygens (including phenoxy) is 2. The molecule has 0 heterocycles. The van der Waals surface area contributed by atoms with Crippen LogP contribution in [0.15, 0.2) is 18.2 Å². The topological polar surface area (TPSA) is 44.5 Å². The molecule has 4 heteroatoms. The van der Waals surface area contributed by atoms with E-state index >= 15 is 0 Å². The van der Waals surface area contributed by atoms with Crippen molar-refractivity contribution in [1.82, 2.24) is 0 Å². The summed E-state index contributed by atoms with van der Waals surface area (Å²) in [5.41, 5.74) is 7.24. The summed E-state index contributed by atoms with van der Waals surface area (Å²) in [6.45, 7) is 6.93. The van der Waals surface area contributed by atoms with Crippen molar-refractivity contribution in [2.45, 2.75) is 33.2 Å². The van der Waals surface area contributed by atoms with Crippen LogP contribution in [-0.4, -0.2) is 13.7 Å². The summed E-state index contributed by atoms with van der Waals surface area (Å²) in [4.78, 5) is 0. The lowest BCUT2D eigenvalue weighted by Gasteiger charge is -2.17. The van der Waals surface area contributed by atoms with Gasteiger partial charge in [-0.15, -0.1) is 12.4 Å². The maximum Gasteiger partial charge on any atom is 0.161 e. The second-order valence-corrected chi connectivity index (χ2v) is 4.58. The molecule has 104 valence electrons. The predicted octanol–water partition coefficient (Wildman–Crippen LogP) is 3.56. The van der Waals surface area contributed by atoms with Gasteiger partial charge in [0.25, 0.3) is 0 Å². The Labute approximate surface area is 116 Å². The quantitative estimate of drug-likeness (QED) is 0.862. The Kier molecular flexibility index (Phi) is 7.80. The van der Waals surface area contributed by atoms with Crippen molar-refractivity contribution < 1.29 is 9.47 Å². The number of methoxy groups -OCH3 is 1. The summed E-state index contributed by atoms with van der Waals surface area (Å²) in [5.74, 6) is 2.11. The molecule has 0 saturated heterocycles. The molecule has 0 fully saturated rings. The molecule has 18 heavy (non-hydrogen) atoms. The van der Waals surface area contributed by atoms with Gasteiger partial charge in [0.05, 0.1) is 13.7 Å². The molecule has 1 aromatic carbocycles. The van der Waals surface area contributed by atoms with Crippen molar-refractivity contribution in [3.63, 3.8) is 0 Å². The van der Waals surface area contributed by atoms with Crippen LogP contribution in [0.1, 0.15) is 38.8 Å². The van der Waals surface area contributed by atoms with Crippen molar-refractivity contribution in [1.29, 1.82) is 0 Å². The minimum atomic E-state index is 0. The molecule has 0 spiro atoms. The van der Waals surface area contributed by atoms with Gasteiger partial charge in [-0.2, -0.15) is 0 Å². The first-order valence-corrected chi connectivity index (χ1v) is 6.14. The molecule has 0 aliphatic rings. The molecule has 1 atom stereocenters. The molecule has 0 aliphatic heterocycles. The molecular weight excluding hydrogens is 250 g/mol. The number of benzene rings is 1. The van der Waals surface area contributed by atoms with Gasteiger partial charge < -0.3 is 15.2 Å². The lowest BCUT2D eigenvalue weighted by Crippen LogP contribution is -2.13. The van der Waals surface area contributed by atoms with Gasteiger partial charge in [0.2, 0.25) is 0 Å². The van der Waals surface area contributed by atoms with E-state index in [4.69, 9.17) is 15.2 Å². The van der Waals surface area contributed by atoms with Gasteiger partial charge in [-0.1, -0.05) is 19.9 Å². The highest BCUT2D eigenvalue weighted by Crippen LogP contribution is 2.31. The summed E-state index contributed by atoms with van der Waals surface area (Å²) in [5, 5.41) is 0. The largest absolute Gasteiger partial charge is 0.493 e. The third-order valence-corrected chi connectivity index (χ3v) is 2.64. The van der Waals surface area contributed by atoms with Gasteiger partial charge in [0.1, 0.15) is 0 Å². The number of nitrogens with two attached hydrogens (primary N) is 1. The van der Waals surface area contributed by atoms with Gasteiger partial charge >= 0.3 is 0 Å². The van der Waals surface area contributed by atoms with E-state index < -0.39 is 0 Å². The molecule has 1 aromatic rings. The Hall–Kier alpha value is -0.930. The molecule has 0 aromatic heterocycles. The van der Waals surface area contributed by atoms with Crippen LogP contribution in [0.4, 0.5) is 0 Å². The van der Waals surface area contributed by atoms with Crippen LogP contribution in [0.5, 0.6) is 11.5 Å². The summed E-state index contributed by atoms with van der Waals surface area (Å²) in [6, 6.07) is 5.97. The lowest BCUT2D eigenvalue weighted by atomic mass is 9.97. The maximum atomic E-state index is 6.15. The molecule has 0 saturated carbocycles. The van der Waals surface area contributed by atoms with Crippen molar-refractivity contribution in [2.75, 3.05) is 13.7 Å². The van der Waals surface area contributed by atoms with Crippen LogP contribution in [-0.2, 0) is 0 Å². The van der Waals surface area contributed by atoms with Crippen molar-refractivity contribution in [2.24, 2.45) is 11.7 Å². The lowest BCUT2D eigenvalue weighted by molar-refractivity contribution is 0.310. The number of hydrogen-bond acceptors (Lipinski definition) is 3. The summed E-state index contributed by atoms with van der Waals surface area (Å²) >= 11 is 0. The standard InChI is InChI=1S/C14H23NO2.ClH/c1-5-17-13-7-6-11(9-14(13)16-4)12(15)8-10(2)3;/h6-7,9-10,12H,5,8,15H2,1-4H3;1H/t12-;/m0./s1. The number of halogens is 1. The van der Waals surface area contributed by atoms with Crippen LogP contribution in [0, 0.1) is 5.92 Å². The van der Waals surface area contributed by atoms with Crippen LogP contribution in [0.3, 0.4) is 0 Å². The zero-order chi connectivity index (χ0) is 12.8. The van der Waals surface area contributed by atoms with Crippen molar-refractivity contribution >= 4 is 12.4 Å². The summed E-state index contributed by atoms with van der Waals surface area (Å²) < 4.78 is 10.8. The smallest absolute Gasteiger partial charge is 0.161 e. The maximum absolute atomic E-state index is 6.15. The van der Waals surface area contributed by atoms with E-state index in [1.165, 1.54) is 0 Å². The Morgan fingerprint density at radius 1 is 1.22 bits per heavy atom. The van der Waals surface area contributed by atoms with E-state index in [1.54, 1.807) is 7.11 Å². The Morgan fingerprint density at radius 3 is 2.39 bits per heavy atom. The van der Waals surface area contributed by atoms with Gasteiger partial charge in [0.15, 0.2) is 11.5 Å². The fraction of sp³-hybridized carbons (Fsp3) is 0.571. The molecular formula is C14H24ClNO2. The fourth-order valence-electron chi connectivity index (χ4n) is 1.83. The second kappa shape index (κ2) is 8.22. The Morgan fingerprint density at radius 2 is 1.89 bits per heavy atom. The van der Waals surface area contributed by atoms with Crippen LogP contribution < -0.4 is 15.2 Å². The number of rotatable bonds is 6. The summed E-state index contributed by atoms with van der Waals surface area (Å²) in [6.07, 6.45) is 0.969. The van der Waals surface area contributed by atoms with E-state index in [9.17, 15) is 0 Å². The molecule has 0 unspecified atom stereocenters. The van der Waals surface area contributed by atoms with Crippen molar-refractivity contribution in [3.8, 4) is 11.5 Å². The normalized spacial score (nSPS) is 11.9. The fourth-order valence-corrected chi connectivity index (χ4v) is 1.83. The third-order valence-electron chi connectivity index (χ3n) is 2.64. The minimum absolute atomic E-state index is 0. The minimum Gasteiger partial charge on any atom is -0.493 e. The van der Waals surface area contributed by atoms with E-state index in [0.29, 0.717) is 12.5 Å². The van der Waals surface area contributed by atoms with Gasteiger partial charge in [0, 0.05) is 6.04 Å². The van der Waals surface area contributed by atoms with E-state index in [2.05, 4.69) is 13.8 Å². The highest BCUT2D eigenvalue weighted by atomic mass is 35.5. The van der Waals surface area contributed by atoms with E-state index in [0.717, 1.165) is 23.5 Å². The predicted molar refractivity (Wildman–Crippen MR) is 77.8 cm³/mol. The molecule has 1 rings (SSSR count).